The average Bonchev–Trinajstić information content (AvgIpc) is 2.46. The van der Waals surface area contributed by atoms with Crippen LogP contribution in [0.15, 0.2) is 0 Å². The molecule has 0 spiro atoms. The van der Waals surface area contributed by atoms with Gasteiger partial charge in [0.1, 0.15) is 0 Å². The highest BCUT2D eigenvalue weighted by Gasteiger charge is 2.23. The fraction of sp³-hybridized carbons (Fsp3) is 0.938. The Hall–Kier alpha value is -0.580. The first-order chi connectivity index (χ1) is 9.99. The van der Waals surface area contributed by atoms with E-state index in [2.05, 4.69) is 6.92 Å². The fourth-order valence-corrected chi connectivity index (χ4v) is 3.50. The number of carbonyl (C=O) groups is 1. The molecule has 0 radical (unpaired) electrons. The summed E-state index contributed by atoms with van der Waals surface area (Å²) < 4.78 is 24.5. The number of nitrogens with zero attached hydrogens (tertiary/aromatic N) is 1. The van der Waals surface area contributed by atoms with E-state index in [4.69, 9.17) is 0 Å². The van der Waals surface area contributed by atoms with E-state index in [1.807, 2.05) is 0 Å². The lowest BCUT2D eigenvalue weighted by molar-refractivity contribution is -0.126. The van der Waals surface area contributed by atoms with E-state index >= 15 is 0 Å². The molecule has 4 nitrogen and oxygen atoms in total. The van der Waals surface area contributed by atoms with Crippen LogP contribution in [0, 0.1) is 0 Å². The van der Waals surface area contributed by atoms with Gasteiger partial charge in [-0.15, -0.1) is 0 Å². The third kappa shape index (κ3) is 9.12. The van der Waals surface area contributed by atoms with Crippen molar-refractivity contribution in [1.29, 1.82) is 0 Å². The molecule has 0 bridgehead atoms. The summed E-state index contributed by atoms with van der Waals surface area (Å²) in [5.41, 5.74) is 0. The molecule has 21 heavy (non-hydrogen) atoms. The normalized spacial score (nSPS) is 11.6. The van der Waals surface area contributed by atoms with E-state index in [9.17, 15) is 13.2 Å². The van der Waals surface area contributed by atoms with Crippen LogP contribution in [0.3, 0.4) is 0 Å². The number of hydrogen-bond acceptors (Lipinski definition) is 3. The molecule has 5 heteroatoms. The monoisotopic (exact) mass is 319 g/mol. The van der Waals surface area contributed by atoms with Gasteiger partial charge in [-0.1, -0.05) is 58.3 Å². The number of sulfonamides is 1. The van der Waals surface area contributed by atoms with Gasteiger partial charge in [0.2, 0.25) is 15.9 Å². The molecule has 126 valence electrons. The van der Waals surface area contributed by atoms with Crippen LogP contribution in [-0.2, 0) is 14.8 Å². The zero-order valence-electron chi connectivity index (χ0n) is 14.1. The van der Waals surface area contributed by atoms with Crippen LogP contribution < -0.4 is 0 Å². The molecule has 0 unspecified atom stereocenters. The summed E-state index contributed by atoms with van der Waals surface area (Å²) >= 11 is 0. The lowest BCUT2D eigenvalue weighted by Crippen LogP contribution is -2.37. The summed E-state index contributed by atoms with van der Waals surface area (Å²) in [7, 11) is -3.39. The van der Waals surface area contributed by atoms with Crippen LogP contribution >= 0.6 is 0 Å². The molecule has 0 saturated heterocycles. The minimum absolute atomic E-state index is 0.00958. The number of rotatable bonds is 13. The smallest absolute Gasteiger partial charge is 0.237 e. The molecule has 0 aliphatic rings. The van der Waals surface area contributed by atoms with E-state index in [1.54, 1.807) is 13.8 Å². The molecule has 0 N–H and O–H groups in total. The Morgan fingerprint density at radius 3 is 1.71 bits per heavy atom. The van der Waals surface area contributed by atoms with Crippen LogP contribution in [0.4, 0.5) is 0 Å². The molecular formula is C16H33NO3S. The van der Waals surface area contributed by atoms with E-state index < -0.39 is 10.0 Å². The first kappa shape index (κ1) is 20.4. The minimum Gasteiger partial charge on any atom is -0.274 e. The number of amides is 1. The topological polar surface area (TPSA) is 54.5 Å². The summed E-state index contributed by atoms with van der Waals surface area (Å²) in [6.07, 6.45) is 11.0. The van der Waals surface area contributed by atoms with Crippen molar-refractivity contribution >= 4 is 15.9 Å². The number of unbranched alkanes of at least 4 members (excludes halogenated alkanes) is 8. The molecule has 0 aliphatic carbocycles. The molecule has 0 aromatic rings. The minimum atomic E-state index is -3.39. The van der Waals surface area contributed by atoms with Crippen molar-refractivity contribution in [3.05, 3.63) is 0 Å². The van der Waals surface area contributed by atoms with Crippen LogP contribution in [0.25, 0.3) is 0 Å². The number of hydrogen-bond donors (Lipinski definition) is 0. The molecule has 0 heterocycles. The van der Waals surface area contributed by atoms with Gasteiger partial charge in [-0.2, -0.15) is 0 Å². The Labute approximate surface area is 131 Å². The van der Waals surface area contributed by atoms with Crippen molar-refractivity contribution < 1.29 is 13.2 Å². The SMILES string of the molecule is CCCCCCCCCCCC(=O)N(CC)S(=O)(=O)CC. The second kappa shape index (κ2) is 12.0. The Morgan fingerprint density at radius 1 is 0.810 bits per heavy atom. The average molecular weight is 320 g/mol. The van der Waals surface area contributed by atoms with E-state index in [-0.39, 0.29) is 18.2 Å². The Kier molecular flexibility index (Phi) is 11.7. The molecule has 0 saturated carbocycles. The van der Waals surface area contributed by atoms with Crippen LogP contribution in [0.5, 0.6) is 0 Å². The maximum Gasteiger partial charge on any atom is 0.237 e. The molecule has 0 aromatic carbocycles. The van der Waals surface area contributed by atoms with E-state index in [0.717, 1.165) is 23.6 Å². The molecule has 1 amide bonds. The van der Waals surface area contributed by atoms with Gasteiger partial charge in [0.25, 0.3) is 0 Å². The van der Waals surface area contributed by atoms with Crippen molar-refractivity contribution in [3.8, 4) is 0 Å². The maximum atomic E-state index is 11.9. The fourth-order valence-electron chi connectivity index (χ4n) is 2.40. The molecule has 0 atom stereocenters. The predicted molar refractivity (Wildman–Crippen MR) is 88.7 cm³/mol. The lowest BCUT2D eigenvalue weighted by atomic mass is 10.1. The van der Waals surface area contributed by atoms with Gasteiger partial charge in [-0.25, -0.2) is 12.7 Å². The molecule has 0 fully saturated rings. The van der Waals surface area contributed by atoms with Crippen molar-refractivity contribution in [2.24, 2.45) is 0 Å². The van der Waals surface area contributed by atoms with Crippen LogP contribution in [-0.4, -0.2) is 30.9 Å². The van der Waals surface area contributed by atoms with E-state index in [1.165, 1.54) is 38.5 Å². The van der Waals surface area contributed by atoms with Gasteiger partial charge in [0.05, 0.1) is 5.75 Å². The van der Waals surface area contributed by atoms with Crippen LogP contribution in [0.2, 0.25) is 0 Å². The van der Waals surface area contributed by atoms with Gasteiger partial charge in [-0.05, 0) is 20.3 Å². The quantitative estimate of drug-likeness (QED) is 0.480. The standard InChI is InChI=1S/C16H33NO3S/c1-4-7-8-9-10-11-12-13-14-15-16(18)17(5-2)21(19,20)6-3/h4-15H2,1-3H3. The molecule has 0 aromatic heterocycles. The third-order valence-corrected chi connectivity index (χ3v) is 5.62. The van der Waals surface area contributed by atoms with Gasteiger partial charge in [-0.3, -0.25) is 4.79 Å². The highest BCUT2D eigenvalue weighted by Crippen LogP contribution is 2.12. The molecule has 0 aliphatic heterocycles. The zero-order valence-corrected chi connectivity index (χ0v) is 14.9. The van der Waals surface area contributed by atoms with Crippen molar-refractivity contribution in [2.75, 3.05) is 12.3 Å². The first-order valence-corrected chi connectivity index (χ1v) is 10.1. The lowest BCUT2D eigenvalue weighted by Gasteiger charge is -2.19. The Morgan fingerprint density at radius 2 is 1.29 bits per heavy atom. The molecular weight excluding hydrogens is 286 g/mol. The first-order valence-electron chi connectivity index (χ1n) is 8.52. The largest absolute Gasteiger partial charge is 0.274 e. The third-order valence-electron chi connectivity index (χ3n) is 3.76. The summed E-state index contributed by atoms with van der Waals surface area (Å²) in [4.78, 5) is 11.9. The predicted octanol–water partition coefficient (Wildman–Crippen LogP) is 4.11. The molecule has 0 rings (SSSR count). The second-order valence-corrected chi connectivity index (χ2v) is 7.72. The van der Waals surface area contributed by atoms with Crippen LogP contribution in [0.1, 0.15) is 85.0 Å². The van der Waals surface area contributed by atoms with Gasteiger partial charge in [0, 0.05) is 13.0 Å². The maximum absolute atomic E-state index is 11.9. The second-order valence-electron chi connectivity index (χ2n) is 5.54. The van der Waals surface area contributed by atoms with E-state index in [0.29, 0.717) is 6.42 Å². The Balaban J connectivity index is 3.74. The van der Waals surface area contributed by atoms with Crippen molar-refractivity contribution in [2.45, 2.75) is 85.0 Å². The Bertz CT molecular complexity index is 366. The number of carbonyl (C=O) groups excluding carboxylic acids is 1. The summed E-state index contributed by atoms with van der Waals surface area (Å²) in [6, 6.07) is 0. The van der Waals surface area contributed by atoms with Gasteiger partial charge in [0.15, 0.2) is 0 Å². The van der Waals surface area contributed by atoms with Crippen molar-refractivity contribution in [3.63, 3.8) is 0 Å². The highest BCUT2D eigenvalue weighted by molar-refractivity contribution is 7.89. The van der Waals surface area contributed by atoms with Gasteiger partial charge < -0.3 is 0 Å². The zero-order chi connectivity index (χ0) is 16.1. The summed E-state index contributed by atoms with van der Waals surface area (Å²) in [5.74, 6) is -0.257. The highest BCUT2D eigenvalue weighted by atomic mass is 32.2. The summed E-state index contributed by atoms with van der Waals surface area (Å²) in [6.45, 7) is 5.74. The van der Waals surface area contributed by atoms with Gasteiger partial charge >= 0.3 is 0 Å². The summed E-state index contributed by atoms with van der Waals surface area (Å²) in [5, 5.41) is 0. The van der Waals surface area contributed by atoms with Crippen molar-refractivity contribution in [1.82, 2.24) is 4.31 Å².